The minimum atomic E-state index is -2.09. The molecule has 0 amide bonds. The van der Waals surface area contributed by atoms with Crippen LogP contribution in [0.15, 0.2) is 52.2 Å². The lowest BCUT2D eigenvalue weighted by molar-refractivity contribution is -0.148. The number of rotatable bonds is 6. The van der Waals surface area contributed by atoms with Crippen molar-refractivity contribution in [2.24, 2.45) is 11.7 Å². The molecule has 150 valence electrons. The molecule has 28 heavy (non-hydrogen) atoms. The molecule has 1 aliphatic heterocycles. The highest BCUT2D eigenvalue weighted by Gasteiger charge is 2.58. The maximum Gasteiger partial charge on any atom is 0.331 e. The number of nitrogens with one attached hydrogen (secondary N) is 2. The average molecular weight is 390 g/mol. The Labute approximate surface area is 159 Å². The van der Waals surface area contributed by atoms with Crippen molar-refractivity contribution in [2.45, 2.75) is 31.0 Å². The van der Waals surface area contributed by atoms with Gasteiger partial charge in [0.1, 0.15) is 12.0 Å². The Bertz CT molecular complexity index is 958. The van der Waals surface area contributed by atoms with Crippen molar-refractivity contribution in [3.8, 4) is 0 Å². The normalized spacial score (nSPS) is 28.1. The summed E-state index contributed by atoms with van der Waals surface area (Å²) < 4.78 is 6.36. The Morgan fingerprint density at radius 1 is 1.36 bits per heavy atom. The molecule has 0 radical (unpaired) electrons. The number of nitrogens with zero attached hydrogens (tertiary/aromatic N) is 1. The first-order chi connectivity index (χ1) is 13.3. The van der Waals surface area contributed by atoms with Gasteiger partial charge in [0.25, 0.3) is 5.56 Å². The lowest BCUT2D eigenvalue weighted by Gasteiger charge is -2.32. The van der Waals surface area contributed by atoms with Crippen LogP contribution in [0.1, 0.15) is 6.92 Å². The molecule has 1 aromatic carbocycles. The van der Waals surface area contributed by atoms with Crippen LogP contribution in [0.4, 0.5) is 5.69 Å². The number of hydrogen-bond donors (Lipinski definition) is 5. The van der Waals surface area contributed by atoms with Gasteiger partial charge in [-0.15, -0.1) is 0 Å². The molecule has 0 saturated carbocycles. The zero-order chi connectivity index (χ0) is 20.5. The van der Waals surface area contributed by atoms with Gasteiger partial charge in [0.15, 0.2) is 5.78 Å². The molecule has 5 atom stereocenters. The number of nitrogens with two attached hydrogens (primary N) is 1. The lowest BCUT2D eigenvalue weighted by Crippen LogP contribution is -2.58. The molecule has 10 heteroatoms. The highest BCUT2D eigenvalue weighted by molar-refractivity contribution is 5.89. The quantitative estimate of drug-likeness (QED) is 0.400. The topological polar surface area (TPSA) is 160 Å². The second-order valence-electron chi connectivity index (χ2n) is 6.67. The van der Waals surface area contributed by atoms with Gasteiger partial charge >= 0.3 is 5.69 Å². The van der Waals surface area contributed by atoms with E-state index in [4.69, 9.17) is 10.5 Å². The largest absolute Gasteiger partial charge is 0.394 e. The predicted molar refractivity (Wildman–Crippen MR) is 99.5 cm³/mol. The summed E-state index contributed by atoms with van der Waals surface area (Å²) in [6.45, 7) is 0.979. The van der Waals surface area contributed by atoms with Gasteiger partial charge in [0.2, 0.25) is 5.85 Å². The summed E-state index contributed by atoms with van der Waals surface area (Å²) in [5, 5.41) is 23.1. The molecule has 1 fully saturated rings. The second-order valence-corrected chi connectivity index (χ2v) is 6.67. The molecular formula is C18H22N4O6. The van der Waals surface area contributed by atoms with Crippen molar-refractivity contribution in [3.63, 3.8) is 0 Å². The van der Waals surface area contributed by atoms with Crippen molar-refractivity contribution >= 4 is 11.5 Å². The maximum atomic E-state index is 13.1. The van der Waals surface area contributed by atoms with E-state index in [9.17, 15) is 24.6 Å². The fourth-order valence-corrected chi connectivity index (χ4v) is 3.39. The highest BCUT2D eigenvalue weighted by atomic mass is 16.6. The number of H-pyrrole nitrogens is 1. The second kappa shape index (κ2) is 7.68. The molecule has 2 heterocycles. The smallest absolute Gasteiger partial charge is 0.331 e. The number of carbonyl (C=O) groups excluding carboxylic acids is 1. The third kappa shape index (κ3) is 3.50. The summed E-state index contributed by atoms with van der Waals surface area (Å²) in [6.07, 6.45) is -1.55. The van der Waals surface area contributed by atoms with Crippen molar-refractivity contribution < 1.29 is 19.7 Å². The van der Waals surface area contributed by atoms with Crippen molar-refractivity contribution in [1.82, 2.24) is 9.55 Å². The predicted octanol–water partition coefficient (Wildman–Crippen LogP) is -1.46. The van der Waals surface area contributed by atoms with E-state index in [1.165, 1.54) is 0 Å². The van der Waals surface area contributed by atoms with Gasteiger partial charge in [-0.3, -0.25) is 24.9 Å². The maximum absolute atomic E-state index is 13.1. The fourth-order valence-electron chi connectivity index (χ4n) is 3.39. The minimum Gasteiger partial charge on any atom is -0.394 e. The van der Waals surface area contributed by atoms with Gasteiger partial charge in [-0.2, -0.15) is 0 Å². The third-order valence-corrected chi connectivity index (χ3v) is 4.78. The average Bonchev–Trinajstić information content (AvgIpc) is 2.92. The first-order valence-electron chi connectivity index (χ1n) is 8.71. The van der Waals surface area contributed by atoms with Crippen molar-refractivity contribution in [1.29, 1.82) is 0 Å². The molecule has 0 bridgehead atoms. The Balaban J connectivity index is 1.98. The van der Waals surface area contributed by atoms with E-state index in [0.29, 0.717) is 5.69 Å². The van der Waals surface area contributed by atoms with Crippen LogP contribution in [-0.2, 0) is 15.4 Å². The van der Waals surface area contributed by atoms with Crippen LogP contribution in [0.3, 0.4) is 0 Å². The number of ketones is 1. The van der Waals surface area contributed by atoms with Crippen LogP contribution in [0.5, 0.6) is 0 Å². The first kappa shape index (κ1) is 20.0. The van der Waals surface area contributed by atoms with E-state index in [1.54, 1.807) is 31.2 Å². The van der Waals surface area contributed by atoms with Gasteiger partial charge in [-0.05, 0) is 19.1 Å². The van der Waals surface area contributed by atoms with Crippen LogP contribution in [0.2, 0.25) is 0 Å². The first-order valence-corrected chi connectivity index (χ1v) is 8.71. The van der Waals surface area contributed by atoms with E-state index in [2.05, 4.69) is 5.32 Å². The minimum absolute atomic E-state index is 0.520. The number of benzene rings is 1. The molecule has 0 aliphatic carbocycles. The monoisotopic (exact) mass is 390 g/mol. The summed E-state index contributed by atoms with van der Waals surface area (Å²) in [4.78, 5) is 38.8. The molecule has 1 aromatic heterocycles. The van der Waals surface area contributed by atoms with Gasteiger partial charge in [0.05, 0.1) is 18.8 Å². The van der Waals surface area contributed by atoms with Crippen LogP contribution in [0.25, 0.3) is 0 Å². The number of para-hydroxylation sites is 1. The number of aliphatic hydroxyl groups excluding tert-OH is 2. The summed E-state index contributed by atoms with van der Waals surface area (Å²) in [7, 11) is 0. The number of aliphatic hydroxyl groups is 2. The molecular weight excluding hydrogens is 368 g/mol. The standard InChI is InChI=1S/C18H22N4O6/c1-10(20-11-5-3-2-4-6-11)15(25)14-16(26)12(9-23)28-18(14,19)22-8-7-13(24)21-17(22)27/h2-8,10,12,14,16,20,23,26H,9,19H2,1H3,(H,21,24,27)/t10-,12+,14+,16+,18-/m0/s1. The van der Waals surface area contributed by atoms with E-state index < -0.39 is 53.7 Å². The molecule has 2 aromatic rings. The third-order valence-electron chi connectivity index (χ3n) is 4.78. The summed E-state index contributed by atoms with van der Waals surface area (Å²) >= 11 is 0. The SMILES string of the molecule is C[C@H](Nc1ccccc1)C(=O)[C@@H]1[C@H](O)[C@@H](CO)O[C@@]1(N)n1ccc(=O)[nH]c1=O. The van der Waals surface area contributed by atoms with Crippen LogP contribution < -0.4 is 22.3 Å². The van der Waals surface area contributed by atoms with Crippen molar-refractivity contribution in [2.75, 3.05) is 11.9 Å². The van der Waals surface area contributed by atoms with Gasteiger partial charge < -0.3 is 20.3 Å². The summed E-state index contributed by atoms with van der Waals surface area (Å²) in [6, 6.07) is 9.21. The Kier molecular flexibility index (Phi) is 5.47. The number of aromatic amines is 1. The molecule has 3 rings (SSSR count). The lowest BCUT2D eigenvalue weighted by atomic mass is 9.88. The molecule has 6 N–H and O–H groups in total. The number of Topliss-reactive ketones (excluding diaryl/α,β-unsaturated/α-hetero) is 1. The van der Waals surface area contributed by atoms with Crippen LogP contribution in [0, 0.1) is 5.92 Å². The molecule has 0 spiro atoms. The van der Waals surface area contributed by atoms with Crippen LogP contribution in [-0.4, -0.2) is 50.4 Å². The fraction of sp³-hybridized carbons (Fsp3) is 0.389. The number of ether oxygens (including phenoxy) is 1. The van der Waals surface area contributed by atoms with E-state index in [1.807, 2.05) is 11.1 Å². The summed E-state index contributed by atoms with van der Waals surface area (Å²) in [5.74, 6) is -3.98. The zero-order valence-corrected chi connectivity index (χ0v) is 15.1. The van der Waals surface area contributed by atoms with Gasteiger partial charge in [-0.1, -0.05) is 18.2 Å². The molecule has 0 unspecified atom stereocenters. The highest BCUT2D eigenvalue weighted by Crippen LogP contribution is 2.37. The Morgan fingerprint density at radius 3 is 2.64 bits per heavy atom. The number of hydrogen-bond acceptors (Lipinski definition) is 8. The van der Waals surface area contributed by atoms with Crippen molar-refractivity contribution in [3.05, 3.63) is 63.4 Å². The number of aromatic nitrogens is 2. The van der Waals surface area contributed by atoms with E-state index in [-0.39, 0.29) is 0 Å². The zero-order valence-electron chi connectivity index (χ0n) is 15.1. The number of carbonyl (C=O) groups is 1. The van der Waals surface area contributed by atoms with E-state index >= 15 is 0 Å². The Morgan fingerprint density at radius 2 is 2.04 bits per heavy atom. The van der Waals surface area contributed by atoms with Crippen LogP contribution >= 0.6 is 0 Å². The number of anilines is 1. The van der Waals surface area contributed by atoms with E-state index in [0.717, 1.165) is 16.8 Å². The molecule has 1 aliphatic rings. The molecule has 10 nitrogen and oxygen atoms in total. The van der Waals surface area contributed by atoms with Gasteiger partial charge in [0, 0.05) is 18.0 Å². The van der Waals surface area contributed by atoms with Gasteiger partial charge in [-0.25, -0.2) is 4.79 Å². The molecule has 1 saturated heterocycles. The summed E-state index contributed by atoms with van der Waals surface area (Å²) in [5.41, 5.74) is 5.39. The Hall–Kier alpha value is -2.79.